The summed E-state index contributed by atoms with van der Waals surface area (Å²) >= 11 is 3.54. The second-order valence-electron chi connectivity index (χ2n) is 14.2. The second kappa shape index (κ2) is 10.8. The molecule has 0 heterocycles. The molecular weight excluding hydrogens is 496 g/mol. The van der Waals surface area contributed by atoms with Crippen molar-refractivity contribution in [2.24, 2.45) is 52.3 Å². The molecule has 35 heavy (non-hydrogen) atoms. The Morgan fingerprint density at radius 3 is 2.46 bits per heavy atom. The van der Waals surface area contributed by atoms with Crippen molar-refractivity contribution in [3.05, 3.63) is 11.6 Å². The molecule has 200 valence electrons. The lowest BCUT2D eigenvalue weighted by molar-refractivity contribution is -0.151. The second-order valence-corrected chi connectivity index (χ2v) is 15.2. The van der Waals surface area contributed by atoms with Crippen LogP contribution < -0.4 is 0 Å². The highest BCUT2D eigenvalue weighted by Gasteiger charge is 2.59. The maximum Gasteiger partial charge on any atom is 0.320 e. The Labute approximate surface area is 224 Å². The Morgan fingerprint density at radius 2 is 1.77 bits per heavy atom. The van der Waals surface area contributed by atoms with E-state index in [1.54, 1.807) is 5.57 Å². The average Bonchev–Trinajstić information content (AvgIpc) is 3.15. The average molecular weight is 550 g/mol. The van der Waals surface area contributed by atoms with E-state index >= 15 is 0 Å². The van der Waals surface area contributed by atoms with Crippen molar-refractivity contribution >= 4 is 21.9 Å². The van der Waals surface area contributed by atoms with Gasteiger partial charge in [0.1, 0.15) is 10.9 Å². The number of carbonyl (C=O) groups is 1. The van der Waals surface area contributed by atoms with E-state index in [0.29, 0.717) is 10.8 Å². The minimum absolute atomic E-state index is 0.0635. The van der Waals surface area contributed by atoms with Gasteiger partial charge in [0.2, 0.25) is 0 Å². The molecule has 0 amide bonds. The van der Waals surface area contributed by atoms with Crippen molar-refractivity contribution in [2.45, 2.75) is 130 Å². The number of hydrogen-bond acceptors (Lipinski definition) is 2. The number of allylic oxidation sites excluding steroid dienone is 1. The predicted octanol–water partition coefficient (Wildman–Crippen LogP) is 9.36. The summed E-state index contributed by atoms with van der Waals surface area (Å²) in [6, 6.07) is 0. The number of carbonyl (C=O) groups excluding carboxylic acids is 1. The van der Waals surface area contributed by atoms with Crippen molar-refractivity contribution in [1.29, 1.82) is 0 Å². The van der Waals surface area contributed by atoms with Gasteiger partial charge in [-0.3, -0.25) is 4.79 Å². The van der Waals surface area contributed by atoms with E-state index in [9.17, 15) is 4.79 Å². The fourth-order valence-electron chi connectivity index (χ4n) is 9.25. The first kappa shape index (κ1) is 27.7. The molecule has 4 aliphatic carbocycles. The van der Waals surface area contributed by atoms with Crippen LogP contribution in [0, 0.1) is 52.3 Å². The zero-order chi connectivity index (χ0) is 25.5. The topological polar surface area (TPSA) is 26.3 Å². The van der Waals surface area contributed by atoms with Gasteiger partial charge in [-0.05, 0) is 97.2 Å². The van der Waals surface area contributed by atoms with Crippen LogP contribution in [-0.2, 0) is 9.53 Å². The van der Waals surface area contributed by atoms with Crippen LogP contribution in [-0.4, -0.2) is 16.9 Å². The number of esters is 1. The molecule has 0 saturated heterocycles. The molecule has 4 rings (SSSR count). The Kier molecular flexibility index (Phi) is 8.57. The molecular formula is C32H53BrO2. The first-order valence-electron chi connectivity index (χ1n) is 15.0. The van der Waals surface area contributed by atoms with E-state index in [-0.39, 0.29) is 22.8 Å². The van der Waals surface area contributed by atoms with E-state index in [0.717, 1.165) is 48.3 Å². The van der Waals surface area contributed by atoms with Crippen LogP contribution in [0.15, 0.2) is 11.6 Å². The molecule has 0 aromatic rings. The molecule has 9 atom stereocenters. The van der Waals surface area contributed by atoms with Gasteiger partial charge in [0.05, 0.1) is 0 Å². The third kappa shape index (κ3) is 5.33. The lowest BCUT2D eigenvalue weighted by atomic mass is 9.47. The highest BCUT2D eigenvalue weighted by molar-refractivity contribution is 9.10. The molecule has 0 unspecified atom stereocenters. The summed E-state index contributed by atoms with van der Waals surface area (Å²) in [4.78, 5) is 12.4. The Hall–Kier alpha value is -0.310. The summed E-state index contributed by atoms with van der Waals surface area (Å²) < 4.78 is 5.99. The van der Waals surface area contributed by atoms with Gasteiger partial charge >= 0.3 is 5.97 Å². The fraction of sp³-hybridized carbons (Fsp3) is 0.906. The Bertz CT molecular complexity index is 786. The summed E-state index contributed by atoms with van der Waals surface area (Å²) in [7, 11) is 0. The number of fused-ring (bicyclic) bond motifs is 5. The van der Waals surface area contributed by atoms with Gasteiger partial charge in [-0.2, -0.15) is 0 Å². The maximum atomic E-state index is 12.6. The molecule has 0 spiro atoms. The minimum Gasteiger partial charge on any atom is -0.461 e. The predicted molar refractivity (Wildman–Crippen MR) is 150 cm³/mol. The van der Waals surface area contributed by atoms with Crippen LogP contribution >= 0.6 is 15.9 Å². The van der Waals surface area contributed by atoms with Crippen molar-refractivity contribution in [1.82, 2.24) is 0 Å². The SMILES string of the molecule is CC(C)CCC[C@H](C)[C@@H]1CC[C@@H]2[C@H]3CC=C4C[C@@H](OC(=O)[C@H](Br)C(C)C)CC[C@]4(C)[C@@H]3CC[C@@]21C. The molecule has 0 aromatic carbocycles. The molecule has 3 heteroatoms. The number of ether oxygens (including phenoxy) is 1. The number of halogens is 1. The molecule has 2 nitrogen and oxygen atoms in total. The van der Waals surface area contributed by atoms with Crippen molar-refractivity contribution in [3.63, 3.8) is 0 Å². The smallest absolute Gasteiger partial charge is 0.320 e. The Morgan fingerprint density at radius 1 is 1.03 bits per heavy atom. The van der Waals surface area contributed by atoms with Crippen LogP contribution in [0.4, 0.5) is 0 Å². The molecule has 0 N–H and O–H groups in total. The van der Waals surface area contributed by atoms with E-state index in [4.69, 9.17) is 4.74 Å². The van der Waals surface area contributed by atoms with Crippen molar-refractivity contribution in [3.8, 4) is 0 Å². The monoisotopic (exact) mass is 548 g/mol. The van der Waals surface area contributed by atoms with Crippen molar-refractivity contribution in [2.75, 3.05) is 0 Å². The van der Waals surface area contributed by atoms with Gasteiger partial charge < -0.3 is 4.74 Å². The van der Waals surface area contributed by atoms with Gasteiger partial charge in [0.25, 0.3) is 0 Å². The lowest BCUT2D eigenvalue weighted by Crippen LogP contribution is -2.51. The van der Waals surface area contributed by atoms with E-state index < -0.39 is 0 Å². The van der Waals surface area contributed by atoms with Gasteiger partial charge in [-0.25, -0.2) is 0 Å². The van der Waals surface area contributed by atoms with Gasteiger partial charge in [0, 0.05) is 6.42 Å². The normalized spacial score (nSPS) is 40.5. The van der Waals surface area contributed by atoms with E-state index in [1.165, 1.54) is 57.8 Å². The van der Waals surface area contributed by atoms with Crippen LogP contribution in [0.1, 0.15) is 119 Å². The summed E-state index contributed by atoms with van der Waals surface area (Å²) in [5, 5.41) is 0. The van der Waals surface area contributed by atoms with E-state index in [1.807, 2.05) is 0 Å². The summed E-state index contributed by atoms with van der Waals surface area (Å²) in [6.07, 6.45) is 17.1. The largest absolute Gasteiger partial charge is 0.461 e. The molecule has 0 aromatic heterocycles. The van der Waals surface area contributed by atoms with Crippen LogP contribution in [0.5, 0.6) is 0 Å². The van der Waals surface area contributed by atoms with Crippen LogP contribution in [0.2, 0.25) is 0 Å². The fourth-order valence-corrected chi connectivity index (χ4v) is 9.36. The van der Waals surface area contributed by atoms with Crippen molar-refractivity contribution < 1.29 is 9.53 Å². The minimum atomic E-state index is -0.195. The molecule has 0 aliphatic heterocycles. The summed E-state index contributed by atoms with van der Waals surface area (Å²) in [6.45, 7) is 16.7. The number of hydrogen-bond donors (Lipinski definition) is 0. The van der Waals surface area contributed by atoms with Crippen LogP contribution in [0.25, 0.3) is 0 Å². The zero-order valence-corrected chi connectivity index (χ0v) is 25.3. The standard InChI is InChI=1S/C32H53BrO2/c1-20(2)9-8-10-22(5)26-13-14-27-25-12-11-23-19-24(35-30(34)29(33)21(3)4)15-17-31(23,6)28(25)16-18-32(26,27)7/h11,20-22,24-29H,8-10,12-19H2,1-7H3/t22-,24-,25+,26-,27+,28+,29+,31-,32+/m0/s1. The first-order valence-corrected chi connectivity index (χ1v) is 15.9. The van der Waals surface area contributed by atoms with E-state index in [2.05, 4.69) is 70.5 Å². The lowest BCUT2D eigenvalue weighted by Gasteiger charge is -2.58. The Balaban J connectivity index is 1.43. The molecule has 0 bridgehead atoms. The highest BCUT2D eigenvalue weighted by Crippen LogP contribution is 2.67. The molecule has 4 aliphatic rings. The third-order valence-electron chi connectivity index (χ3n) is 11.4. The first-order chi connectivity index (χ1) is 16.5. The van der Waals surface area contributed by atoms with Gasteiger partial charge in [-0.15, -0.1) is 0 Å². The molecule has 3 saturated carbocycles. The highest BCUT2D eigenvalue weighted by atomic mass is 79.9. The quantitative estimate of drug-likeness (QED) is 0.171. The maximum absolute atomic E-state index is 12.6. The molecule has 3 fully saturated rings. The molecule has 0 radical (unpaired) electrons. The summed E-state index contributed by atoms with van der Waals surface area (Å²) in [5.41, 5.74) is 2.48. The number of alkyl halides is 1. The van der Waals surface area contributed by atoms with Gasteiger partial charge in [0.15, 0.2) is 0 Å². The van der Waals surface area contributed by atoms with Gasteiger partial charge in [-0.1, -0.05) is 95.3 Å². The zero-order valence-electron chi connectivity index (χ0n) is 23.7. The summed E-state index contributed by atoms with van der Waals surface area (Å²) in [5.74, 6) is 5.42. The van der Waals surface area contributed by atoms with Crippen LogP contribution in [0.3, 0.4) is 0 Å². The number of rotatable bonds is 8. The third-order valence-corrected chi connectivity index (χ3v) is 12.8.